The van der Waals surface area contributed by atoms with Crippen LogP contribution in [-0.4, -0.2) is 68.1 Å². The summed E-state index contributed by atoms with van der Waals surface area (Å²) in [5, 5.41) is 10.2. The molecule has 1 aliphatic heterocycles. The highest BCUT2D eigenvalue weighted by Crippen LogP contribution is 2.16. The van der Waals surface area contributed by atoms with Gasteiger partial charge in [-0.25, -0.2) is 4.79 Å². The van der Waals surface area contributed by atoms with Gasteiger partial charge in [0, 0.05) is 0 Å². The van der Waals surface area contributed by atoms with Gasteiger partial charge in [-0.05, 0) is 25.5 Å². The second-order valence-electron chi connectivity index (χ2n) is 5.87. The zero-order chi connectivity index (χ0) is 16.7. The molecular weight excluding hydrogens is 296 g/mol. The molecule has 1 saturated heterocycles. The molecule has 1 amide bonds. The number of hydrogen-bond acceptors (Lipinski definition) is 4. The largest absolute Gasteiger partial charge is 0.490 e. The van der Waals surface area contributed by atoms with Gasteiger partial charge in [-0.3, -0.25) is 4.90 Å². The third-order valence-electron chi connectivity index (χ3n) is 4.05. The third-order valence-corrected chi connectivity index (χ3v) is 4.05. The Morgan fingerprint density at radius 3 is 2.70 bits per heavy atom. The van der Waals surface area contributed by atoms with Crippen LogP contribution in [0.4, 0.5) is 4.79 Å². The average Bonchev–Trinajstić information content (AvgIpc) is 2.55. The fraction of sp³-hybridized carbons (Fsp3) is 0.588. The Hall–Kier alpha value is -1.79. The number of piperazine rings is 1. The number of nitrogens with zero attached hydrogens (tertiary/aromatic N) is 1. The van der Waals surface area contributed by atoms with E-state index in [0.717, 1.165) is 24.4 Å². The van der Waals surface area contributed by atoms with Crippen LogP contribution in [0.15, 0.2) is 24.3 Å². The minimum atomic E-state index is -0.515. The van der Waals surface area contributed by atoms with Gasteiger partial charge in [0.2, 0.25) is 0 Å². The predicted octanol–water partition coefficient (Wildman–Crippen LogP) is 0.0917. The second kappa shape index (κ2) is 8.74. The van der Waals surface area contributed by atoms with Gasteiger partial charge in [-0.15, -0.1) is 0 Å². The summed E-state index contributed by atoms with van der Waals surface area (Å²) in [6.07, 6.45) is -0.756. The van der Waals surface area contributed by atoms with Crippen molar-refractivity contribution < 1.29 is 24.3 Å². The van der Waals surface area contributed by atoms with Crippen LogP contribution in [0.25, 0.3) is 0 Å². The number of nitrogens with one attached hydrogen (secondary N) is 1. The van der Waals surface area contributed by atoms with Crippen molar-refractivity contribution >= 4 is 6.09 Å². The van der Waals surface area contributed by atoms with Crippen LogP contribution in [0.2, 0.25) is 0 Å². The van der Waals surface area contributed by atoms with E-state index in [-0.39, 0.29) is 12.7 Å². The van der Waals surface area contributed by atoms with Crippen LogP contribution < -0.4 is 9.64 Å². The Balaban J connectivity index is 1.69. The summed E-state index contributed by atoms with van der Waals surface area (Å²) < 4.78 is 10.7. The molecule has 23 heavy (non-hydrogen) atoms. The van der Waals surface area contributed by atoms with E-state index in [0.29, 0.717) is 26.2 Å². The lowest BCUT2D eigenvalue weighted by Gasteiger charge is -2.32. The molecule has 1 aromatic rings. The number of carbonyl (C=O) groups is 1. The number of ether oxygens (including phenoxy) is 2. The molecule has 0 bridgehead atoms. The molecule has 0 spiro atoms. The molecule has 128 valence electrons. The number of rotatable bonds is 6. The highest BCUT2D eigenvalue weighted by atomic mass is 16.6. The number of aliphatic hydroxyl groups is 1. The molecule has 0 aliphatic carbocycles. The van der Waals surface area contributed by atoms with Gasteiger partial charge in [0.15, 0.2) is 0 Å². The number of quaternary nitrogens is 1. The van der Waals surface area contributed by atoms with E-state index in [1.807, 2.05) is 38.1 Å². The van der Waals surface area contributed by atoms with Crippen molar-refractivity contribution in [1.29, 1.82) is 0 Å². The van der Waals surface area contributed by atoms with Crippen molar-refractivity contribution in [2.24, 2.45) is 0 Å². The highest BCUT2D eigenvalue weighted by molar-refractivity contribution is 5.67. The maximum atomic E-state index is 11.6. The van der Waals surface area contributed by atoms with E-state index < -0.39 is 6.10 Å². The van der Waals surface area contributed by atoms with Crippen molar-refractivity contribution in [3.8, 4) is 5.75 Å². The van der Waals surface area contributed by atoms with E-state index in [1.54, 1.807) is 4.90 Å². The fourth-order valence-electron chi connectivity index (χ4n) is 2.72. The van der Waals surface area contributed by atoms with Gasteiger partial charge in [-0.1, -0.05) is 18.2 Å². The van der Waals surface area contributed by atoms with E-state index in [1.165, 1.54) is 4.90 Å². The van der Waals surface area contributed by atoms with Gasteiger partial charge in [0.05, 0.1) is 32.8 Å². The monoisotopic (exact) mass is 323 g/mol. The third kappa shape index (κ3) is 5.41. The standard InChI is InChI=1S/C17H26N2O4/c1-3-22-17(21)19-10-8-18(9-11-19)12-15(20)13-23-16-7-5-4-6-14(16)2/h4-7,15,20H,3,8-13H2,1-2H3/p+1/t15-/m1/s1. The maximum Gasteiger partial charge on any atom is 0.410 e. The first kappa shape index (κ1) is 17.6. The van der Waals surface area contributed by atoms with E-state index in [9.17, 15) is 9.90 Å². The first-order valence-electron chi connectivity index (χ1n) is 8.22. The van der Waals surface area contributed by atoms with Crippen molar-refractivity contribution in [1.82, 2.24) is 4.90 Å². The number of aliphatic hydroxyl groups excluding tert-OH is 1. The molecule has 2 N–H and O–H groups in total. The number of aryl methyl sites for hydroxylation is 1. The van der Waals surface area contributed by atoms with Crippen LogP contribution in [0.3, 0.4) is 0 Å². The molecule has 0 radical (unpaired) electrons. The molecule has 0 unspecified atom stereocenters. The summed E-state index contributed by atoms with van der Waals surface area (Å²) in [7, 11) is 0. The van der Waals surface area contributed by atoms with Gasteiger partial charge >= 0.3 is 6.09 Å². The van der Waals surface area contributed by atoms with Crippen LogP contribution in [0.1, 0.15) is 12.5 Å². The van der Waals surface area contributed by atoms with Gasteiger partial charge in [-0.2, -0.15) is 0 Å². The number of amides is 1. The van der Waals surface area contributed by atoms with Crippen LogP contribution in [-0.2, 0) is 4.74 Å². The van der Waals surface area contributed by atoms with E-state index in [2.05, 4.69) is 0 Å². The number of carbonyl (C=O) groups excluding carboxylic acids is 1. The van der Waals surface area contributed by atoms with Gasteiger partial charge < -0.3 is 19.5 Å². The molecule has 6 nitrogen and oxygen atoms in total. The van der Waals surface area contributed by atoms with Crippen LogP contribution in [0.5, 0.6) is 5.75 Å². The number of benzene rings is 1. The molecule has 1 fully saturated rings. The van der Waals surface area contributed by atoms with Crippen LogP contribution in [0, 0.1) is 6.92 Å². The Kier molecular flexibility index (Phi) is 6.67. The lowest BCUT2D eigenvalue weighted by Crippen LogP contribution is -3.16. The van der Waals surface area contributed by atoms with Gasteiger partial charge in [0.25, 0.3) is 0 Å². The molecule has 6 heteroatoms. The smallest absolute Gasteiger partial charge is 0.410 e. The summed E-state index contributed by atoms with van der Waals surface area (Å²) in [6.45, 7) is 8.09. The summed E-state index contributed by atoms with van der Waals surface area (Å²) in [6, 6.07) is 7.79. The van der Waals surface area contributed by atoms with Crippen LogP contribution >= 0.6 is 0 Å². The number of hydrogen-bond donors (Lipinski definition) is 2. The normalized spacial score (nSPS) is 16.9. The Labute approximate surface area is 137 Å². The molecular formula is C17H27N2O4+. The summed E-state index contributed by atoms with van der Waals surface area (Å²) >= 11 is 0. The topological polar surface area (TPSA) is 63.4 Å². The average molecular weight is 323 g/mol. The molecule has 1 heterocycles. The zero-order valence-corrected chi connectivity index (χ0v) is 14.0. The van der Waals surface area contributed by atoms with Gasteiger partial charge in [0.1, 0.15) is 25.0 Å². The molecule has 1 atom stereocenters. The Bertz CT molecular complexity index is 501. The summed E-state index contributed by atoms with van der Waals surface area (Å²) in [4.78, 5) is 14.7. The van der Waals surface area contributed by atoms with Crippen molar-refractivity contribution in [3.63, 3.8) is 0 Å². The summed E-state index contributed by atoms with van der Waals surface area (Å²) in [5.41, 5.74) is 1.06. The predicted molar refractivity (Wildman–Crippen MR) is 86.8 cm³/mol. The maximum absolute atomic E-state index is 11.6. The fourth-order valence-corrected chi connectivity index (χ4v) is 2.72. The quantitative estimate of drug-likeness (QED) is 0.779. The van der Waals surface area contributed by atoms with Crippen molar-refractivity contribution in [3.05, 3.63) is 29.8 Å². The molecule has 0 aromatic heterocycles. The number of para-hydroxylation sites is 1. The molecule has 1 aromatic carbocycles. The Morgan fingerprint density at radius 2 is 2.04 bits per heavy atom. The molecule has 2 rings (SSSR count). The Morgan fingerprint density at radius 1 is 1.35 bits per heavy atom. The minimum absolute atomic E-state index is 0.241. The summed E-state index contributed by atoms with van der Waals surface area (Å²) in [5.74, 6) is 0.814. The lowest BCUT2D eigenvalue weighted by atomic mass is 10.2. The molecule has 0 saturated carbocycles. The SMILES string of the molecule is CCOC(=O)N1CC[NH+](C[C@@H](O)COc2ccccc2C)CC1. The van der Waals surface area contributed by atoms with E-state index in [4.69, 9.17) is 9.47 Å². The lowest BCUT2D eigenvalue weighted by molar-refractivity contribution is -0.907. The second-order valence-corrected chi connectivity index (χ2v) is 5.87. The van der Waals surface area contributed by atoms with E-state index >= 15 is 0 Å². The molecule has 1 aliphatic rings. The van der Waals surface area contributed by atoms with Crippen molar-refractivity contribution in [2.45, 2.75) is 20.0 Å². The minimum Gasteiger partial charge on any atom is -0.490 e. The van der Waals surface area contributed by atoms with Crippen molar-refractivity contribution in [2.75, 3.05) is 45.9 Å². The first-order valence-corrected chi connectivity index (χ1v) is 8.22. The first-order chi connectivity index (χ1) is 11.1. The zero-order valence-electron chi connectivity index (χ0n) is 14.0. The highest BCUT2D eigenvalue weighted by Gasteiger charge is 2.26.